The number of allylic oxidation sites excluding steroid dienone is 1. The summed E-state index contributed by atoms with van der Waals surface area (Å²) in [5, 5.41) is 8.82. The average molecular weight is 340 g/mol. The van der Waals surface area contributed by atoms with E-state index in [0.29, 0.717) is 30.8 Å². The van der Waals surface area contributed by atoms with Crippen LogP contribution in [-0.4, -0.2) is 23.5 Å². The topological polar surface area (TPSA) is 63.6 Å². The Morgan fingerprint density at radius 2 is 1.96 bits per heavy atom. The molecule has 1 aromatic rings. The van der Waals surface area contributed by atoms with E-state index in [1.165, 1.54) is 5.57 Å². The van der Waals surface area contributed by atoms with Gasteiger partial charge in [0.05, 0.1) is 6.42 Å². The Labute approximate surface area is 148 Å². The zero-order valence-corrected chi connectivity index (χ0v) is 14.4. The molecule has 2 aliphatic rings. The second kappa shape index (κ2) is 7.26. The fourth-order valence-electron chi connectivity index (χ4n) is 3.90. The van der Waals surface area contributed by atoms with Crippen LogP contribution >= 0.6 is 0 Å². The van der Waals surface area contributed by atoms with E-state index in [4.69, 9.17) is 9.84 Å². The van der Waals surface area contributed by atoms with Crippen LogP contribution < -0.4 is 4.74 Å². The van der Waals surface area contributed by atoms with Gasteiger partial charge in [-0.2, -0.15) is 0 Å². The fraction of sp³-hybridized carbons (Fsp3) is 0.429. The highest BCUT2D eigenvalue weighted by Crippen LogP contribution is 2.45. The number of hydrogen-bond acceptors (Lipinski definition) is 3. The molecule has 0 aromatic heterocycles. The average Bonchev–Trinajstić information content (AvgIpc) is 2.93. The highest BCUT2D eigenvalue weighted by atomic mass is 16.5. The van der Waals surface area contributed by atoms with Gasteiger partial charge in [-0.1, -0.05) is 24.8 Å². The van der Waals surface area contributed by atoms with E-state index in [1.54, 1.807) is 0 Å². The molecule has 1 atom stereocenters. The van der Waals surface area contributed by atoms with E-state index >= 15 is 0 Å². The van der Waals surface area contributed by atoms with Gasteiger partial charge in [0.2, 0.25) is 0 Å². The highest BCUT2D eigenvalue weighted by Gasteiger charge is 2.38. The minimum atomic E-state index is -0.881. The van der Waals surface area contributed by atoms with Crippen LogP contribution in [0, 0.1) is 5.41 Å². The Bertz CT molecular complexity index is 714. The smallest absolute Gasteiger partial charge is 0.307 e. The molecule has 0 amide bonds. The second-order valence-corrected chi connectivity index (χ2v) is 7.22. The molecule has 0 unspecified atom stereocenters. The van der Waals surface area contributed by atoms with Gasteiger partial charge in [0.1, 0.15) is 18.1 Å². The molecule has 0 bridgehead atoms. The number of carboxylic acid groups (broad SMARTS) is 1. The highest BCUT2D eigenvalue weighted by molar-refractivity contribution is 5.83. The summed E-state index contributed by atoms with van der Waals surface area (Å²) >= 11 is 0. The molecule has 1 fully saturated rings. The number of Topliss-reactive ketones (excluding diaryl/α,β-unsaturated/α-hetero) is 1. The summed E-state index contributed by atoms with van der Waals surface area (Å²) in [6.45, 7) is 4.35. The SMILES string of the molecule is C=C(CC(=O)O)c1ccc(OCC2=C[C@]3(CCC2)CCC(=O)C3)cc1. The Morgan fingerprint density at radius 1 is 1.20 bits per heavy atom. The predicted octanol–water partition coefficient (Wildman–Crippen LogP) is 4.40. The lowest BCUT2D eigenvalue weighted by molar-refractivity contribution is -0.135. The van der Waals surface area contributed by atoms with Crippen LogP contribution in [-0.2, 0) is 9.59 Å². The minimum absolute atomic E-state index is 0.0616. The van der Waals surface area contributed by atoms with Crippen molar-refractivity contribution in [1.29, 1.82) is 0 Å². The summed E-state index contributed by atoms with van der Waals surface area (Å²) in [5.74, 6) is 0.263. The van der Waals surface area contributed by atoms with Crippen molar-refractivity contribution in [1.82, 2.24) is 0 Å². The molecular formula is C21H24O4. The molecule has 1 spiro atoms. The molecule has 4 nitrogen and oxygen atoms in total. The standard InChI is InChI=1S/C21H24O4/c1-15(11-20(23)24)17-4-6-19(7-5-17)25-14-16-3-2-9-21(12-16)10-8-18(22)13-21/h4-7,12H,1-3,8-11,13-14H2,(H,23,24)/t21-/m0/s1. The zero-order valence-electron chi connectivity index (χ0n) is 14.4. The van der Waals surface area contributed by atoms with Crippen LogP contribution in [0.3, 0.4) is 0 Å². The molecule has 1 aromatic carbocycles. The lowest BCUT2D eigenvalue weighted by Crippen LogP contribution is -2.20. The predicted molar refractivity (Wildman–Crippen MR) is 96.4 cm³/mol. The Balaban J connectivity index is 1.59. The Morgan fingerprint density at radius 3 is 2.60 bits per heavy atom. The van der Waals surface area contributed by atoms with E-state index in [1.807, 2.05) is 24.3 Å². The third-order valence-electron chi connectivity index (χ3n) is 5.19. The third-order valence-corrected chi connectivity index (χ3v) is 5.19. The van der Waals surface area contributed by atoms with Gasteiger partial charge in [-0.3, -0.25) is 9.59 Å². The number of carboxylic acids is 1. The summed E-state index contributed by atoms with van der Waals surface area (Å²) in [7, 11) is 0. The lowest BCUT2D eigenvalue weighted by Gasteiger charge is -2.30. The maximum atomic E-state index is 11.7. The molecule has 0 aliphatic heterocycles. The molecule has 0 radical (unpaired) electrons. The Hall–Kier alpha value is -2.36. The van der Waals surface area contributed by atoms with Crippen molar-refractivity contribution in [2.75, 3.05) is 6.61 Å². The largest absolute Gasteiger partial charge is 0.489 e. The van der Waals surface area contributed by atoms with Crippen molar-refractivity contribution in [2.45, 2.75) is 44.9 Å². The zero-order chi connectivity index (χ0) is 17.9. The quantitative estimate of drug-likeness (QED) is 0.780. The molecule has 4 heteroatoms. The first-order valence-electron chi connectivity index (χ1n) is 8.81. The van der Waals surface area contributed by atoms with Gasteiger partial charge < -0.3 is 9.84 Å². The number of rotatable bonds is 6. The number of hydrogen-bond donors (Lipinski definition) is 1. The molecular weight excluding hydrogens is 316 g/mol. The first kappa shape index (κ1) is 17.5. The van der Waals surface area contributed by atoms with E-state index in [9.17, 15) is 9.59 Å². The van der Waals surface area contributed by atoms with Crippen LogP contribution in [0.2, 0.25) is 0 Å². The van der Waals surface area contributed by atoms with Crippen molar-refractivity contribution < 1.29 is 19.4 Å². The fourth-order valence-corrected chi connectivity index (χ4v) is 3.90. The second-order valence-electron chi connectivity index (χ2n) is 7.22. The van der Waals surface area contributed by atoms with Gasteiger partial charge in [0.15, 0.2) is 0 Å². The van der Waals surface area contributed by atoms with Crippen LogP contribution in [0.4, 0.5) is 0 Å². The van der Waals surface area contributed by atoms with Gasteiger partial charge in [-0.15, -0.1) is 0 Å². The number of ketones is 1. The van der Waals surface area contributed by atoms with Gasteiger partial charge >= 0.3 is 5.97 Å². The van der Waals surface area contributed by atoms with E-state index < -0.39 is 5.97 Å². The normalized spacial score (nSPS) is 22.7. The monoisotopic (exact) mass is 340 g/mol. The summed E-state index contributed by atoms with van der Waals surface area (Å²) in [5.41, 5.74) is 2.77. The van der Waals surface area contributed by atoms with Crippen molar-refractivity contribution in [3.8, 4) is 5.75 Å². The number of carbonyl (C=O) groups excluding carboxylic acids is 1. The molecule has 0 heterocycles. The van der Waals surface area contributed by atoms with Gasteiger partial charge in [-0.25, -0.2) is 0 Å². The van der Waals surface area contributed by atoms with Crippen molar-refractivity contribution >= 4 is 17.3 Å². The van der Waals surface area contributed by atoms with Gasteiger partial charge in [0.25, 0.3) is 0 Å². The summed E-state index contributed by atoms with van der Waals surface area (Å²) in [4.78, 5) is 22.4. The molecule has 1 saturated carbocycles. The first-order valence-corrected chi connectivity index (χ1v) is 8.81. The molecule has 1 N–H and O–H groups in total. The number of aliphatic carboxylic acids is 1. The summed E-state index contributed by atoms with van der Waals surface area (Å²) in [6, 6.07) is 7.38. The number of carbonyl (C=O) groups is 2. The molecule has 132 valence electrons. The van der Waals surface area contributed by atoms with E-state index in [-0.39, 0.29) is 11.8 Å². The van der Waals surface area contributed by atoms with Gasteiger partial charge in [0, 0.05) is 12.8 Å². The van der Waals surface area contributed by atoms with Gasteiger partial charge in [-0.05, 0) is 59.9 Å². The van der Waals surface area contributed by atoms with Crippen molar-refractivity contribution in [2.24, 2.45) is 5.41 Å². The molecule has 25 heavy (non-hydrogen) atoms. The lowest BCUT2D eigenvalue weighted by atomic mass is 9.75. The summed E-state index contributed by atoms with van der Waals surface area (Å²) in [6.07, 6.45) is 7.89. The van der Waals surface area contributed by atoms with Crippen LogP contribution in [0.25, 0.3) is 5.57 Å². The molecule has 0 saturated heterocycles. The maximum absolute atomic E-state index is 11.7. The third kappa shape index (κ3) is 4.38. The molecule has 2 aliphatic carbocycles. The minimum Gasteiger partial charge on any atom is -0.489 e. The summed E-state index contributed by atoms with van der Waals surface area (Å²) < 4.78 is 5.89. The van der Waals surface area contributed by atoms with Crippen LogP contribution in [0.5, 0.6) is 5.75 Å². The van der Waals surface area contributed by atoms with E-state index in [0.717, 1.165) is 37.0 Å². The Kier molecular flexibility index (Phi) is 5.07. The number of ether oxygens (including phenoxy) is 1. The maximum Gasteiger partial charge on any atom is 0.307 e. The first-order chi connectivity index (χ1) is 12.0. The van der Waals surface area contributed by atoms with Crippen molar-refractivity contribution in [3.63, 3.8) is 0 Å². The number of benzene rings is 1. The van der Waals surface area contributed by atoms with E-state index in [2.05, 4.69) is 12.7 Å². The van der Waals surface area contributed by atoms with Crippen LogP contribution in [0.1, 0.15) is 50.5 Å². The molecule has 3 rings (SSSR count). The van der Waals surface area contributed by atoms with Crippen molar-refractivity contribution in [3.05, 3.63) is 48.1 Å². The van der Waals surface area contributed by atoms with Crippen LogP contribution in [0.15, 0.2) is 42.5 Å².